The third-order valence-electron chi connectivity index (χ3n) is 4.12. The molecule has 0 aliphatic carbocycles. The Morgan fingerprint density at radius 3 is 2.41 bits per heavy atom. The molecule has 0 aliphatic heterocycles. The summed E-state index contributed by atoms with van der Waals surface area (Å²) in [6, 6.07) is 17.5. The van der Waals surface area contributed by atoms with Gasteiger partial charge in [-0.3, -0.25) is 14.7 Å². The number of hydrogen-bond donors (Lipinski definition) is 1. The van der Waals surface area contributed by atoms with Crippen LogP contribution in [0.5, 0.6) is 0 Å². The van der Waals surface area contributed by atoms with Gasteiger partial charge >= 0.3 is 0 Å². The summed E-state index contributed by atoms with van der Waals surface area (Å²) in [6.45, 7) is 1.94. The molecule has 7 heteroatoms. The smallest absolute Gasteiger partial charge is 0.262 e. The topological polar surface area (TPSA) is 84.8 Å². The van der Waals surface area contributed by atoms with Gasteiger partial charge in [0.25, 0.3) is 10.0 Å². The number of aryl methyl sites for hydroxylation is 1. The van der Waals surface area contributed by atoms with Crippen LogP contribution in [-0.4, -0.2) is 23.4 Å². The van der Waals surface area contributed by atoms with Gasteiger partial charge < -0.3 is 0 Å². The molecule has 3 aromatic heterocycles. The molecule has 0 fully saturated rings. The molecule has 1 aromatic carbocycles. The summed E-state index contributed by atoms with van der Waals surface area (Å²) in [5, 5.41) is 0.776. The number of fused-ring (bicyclic) bond motifs is 1. The molecule has 0 aliphatic rings. The van der Waals surface area contributed by atoms with E-state index in [1.165, 1.54) is 12.1 Å². The van der Waals surface area contributed by atoms with E-state index in [0.29, 0.717) is 16.9 Å². The van der Waals surface area contributed by atoms with Crippen molar-refractivity contribution in [3.63, 3.8) is 0 Å². The van der Waals surface area contributed by atoms with Gasteiger partial charge in [0.2, 0.25) is 0 Å². The average Bonchev–Trinajstić information content (AvgIpc) is 2.69. The lowest BCUT2D eigenvalue weighted by molar-refractivity contribution is 0.601. The summed E-state index contributed by atoms with van der Waals surface area (Å²) in [6.07, 6.45) is 3.29. The van der Waals surface area contributed by atoms with Crippen LogP contribution in [0.15, 0.2) is 78.0 Å². The number of sulfonamides is 1. The number of aromatic nitrogens is 3. The van der Waals surface area contributed by atoms with E-state index in [-0.39, 0.29) is 10.7 Å². The molecule has 0 unspecified atom stereocenters. The van der Waals surface area contributed by atoms with Crippen LogP contribution >= 0.6 is 0 Å². The van der Waals surface area contributed by atoms with Crippen molar-refractivity contribution in [2.75, 3.05) is 4.72 Å². The van der Waals surface area contributed by atoms with Crippen LogP contribution < -0.4 is 4.72 Å². The summed E-state index contributed by atoms with van der Waals surface area (Å²) in [5.74, 6) is 0.178. The highest BCUT2D eigenvalue weighted by Gasteiger charge is 2.18. The lowest BCUT2D eigenvalue weighted by Crippen LogP contribution is -2.14. The Morgan fingerprint density at radius 2 is 1.63 bits per heavy atom. The highest BCUT2D eigenvalue weighted by atomic mass is 32.2. The third kappa shape index (κ3) is 3.37. The molecule has 0 radical (unpaired) electrons. The van der Waals surface area contributed by atoms with Gasteiger partial charge in [0.15, 0.2) is 5.82 Å². The van der Waals surface area contributed by atoms with Gasteiger partial charge in [0.1, 0.15) is 5.52 Å². The molecule has 0 bridgehead atoms. The van der Waals surface area contributed by atoms with Gasteiger partial charge in [-0.2, -0.15) is 0 Å². The lowest BCUT2D eigenvalue weighted by Gasteiger charge is -2.12. The van der Waals surface area contributed by atoms with Gasteiger partial charge in [0, 0.05) is 17.8 Å². The van der Waals surface area contributed by atoms with E-state index in [4.69, 9.17) is 0 Å². The van der Waals surface area contributed by atoms with Gasteiger partial charge in [-0.25, -0.2) is 13.4 Å². The van der Waals surface area contributed by atoms with Crippen molar-refractivity contribution in [2.24, 2.45) is 0 Å². The summed E-state index contributed by atoms with van der Waals surface area (Å²) < 4.78 is 28.1. The summed E-state index contributed by atoms with van der Waals surface area (Å²) in [4.78, 5) is 13.4. The van der Waals surface area contributed by atoms with Crippen molar-refractivity contribution in [3.8, 4) is 11.4 Å². The van der Waals surface area contributed by atoms with Gasteiger partial charge in [-0.05, 0) is 42.8 Å². The second-order valence-corrected chi connectivity index (χ2v) is 7.70. The minimum Gasteiger partial charge on any atom is -0.262 e. The Bertz CT molecular complexity index is 1230. The van der Waals surface area contributed by atoms with E-state index in [9.17, 15) is 8.42 Å². The molecule has 4 rings (SSSR count). The minimum absolute atomic E-state index is 0.162. The van der Waals surface area contributed by atoms with E-state index >= 15 is 0 Å². The van der Waals surface area contributed by atoms with Gasteiger partial charge in [-0.1, -0.05) is 30.3 Å². The summed E-state index contributed by atoms with van der Waals surface area (Å²) in [7, 11) is -3.79. The fourth-order valence-corrected chi connectivity index (χ4v) is 3.85. The molecular weight excluding hydrogens is 360 g/mol. The standard InChI is InChI=1S/C20H16N4O2S/c1-14-7-5-11-21-18(14)17-13-15-8-6-12-22-19(15)20(23-17)24-27(25,26)16-9-3-2-4-10-16/h2-13H,1H3,(H,23,24). The first-order chi connectivity index (χ1) is 13.0. The zero-order valence-electron chi connectivity index (χ0n) is 14.5. The van der Waals surface area contributed by atoms with Crippen molar-refractivity contribution in [1.29, 1.82) is 0 Å². The molecule has 0 atom stereocenters. The van der Waals surface area contributed by atoms with E-state index in [1.54, 1.807) is 36.7 Å². The Balaban J connectivity index is 1.88. The van der Waals surface area contributed by atoms with Gasteiger partial charge in [-0.15, -0.1) is 0 Å². The van der Waals surface area contributed by atoms with Crippen molar-refractivity contribution in [2.45, 2.75) is 11.8 Å². The monoisotopic (exact) mass is 376 g/mol. The molecule has 0 amide bonds. The van der Waals surface area contributed by atoms with Crippen molar-refractivity contribution >= 4 is 26.7 Å². The van der Waals surface area contributed by atoms with Crippen LogP contribution in [0.25, 0.3) is 22.3 Å². The average molecular weight is 376 g/mol. The molecule has 4 aromatic rings. The second-order valence-electron chi connectivity index (χ2n) is 6.02. The molecule has 1 N–H and O–H groups in total. The van der Waals surface area contributed by atoms with Crippen molar-refractivity contribution in [3.05, 3.63) is 78.6 Å². The van der Waals surface area contributed by atoms with Crippen LogP contribution in [0.1, 0.15) is 5.56 Å². The first kappa shape index (κ1) is 17.1. The molecule has 6 nitrogen and oxygen atoms in total. The predicted octanol–water partition coefficient (Wildman–Crippen LogP) is 3.80. The minimum atomic E-state index is -3.79. The summed E-state index contributed by atoms with van der Waals surface area (Å²) >= 11 is 0. The van der Waals surface area contributed by atoms with Crippen LogP contribution in [0, 0.1) is 6.92 Å². The fraction of sp³-hybridized carbons (Fsp3) is 0.0500. The number of nitrogens with zero attached hydrogens (tertiary/aromatic N) is 3. The first-order valence-electron chi connectivity index (χ1n) is 8.30. The van der Waals surface area contributed by atoms with Crippen LogP contribution in [0.2, 0.25) is 0 Å². The summed E-state index contributed by atoms with van der Waals surface area (Å²) in [5.41, 5.74) is 2.71. The fourth-order valence-electron chi connectivity index (χ4n) is 2.82. The van der Waals surface area contributed by atoms with E-state index in [1.807, 2.05) is 31.2 Å². The Kier molecular flexibility index (Phi) is 4.29. The molecular formula is C20H16N4O2S. The molecule has 134 valence electrons. The van der Waals surface area contributed by atoms with E-state index in [0.717, 1.165) is 10.9 Å². The van der Waals surface area contributed by atoms with Gasteiger partial charge in [0.05, 0.1) is 16.3 Å². The highest BCUT2D eigenvalue weighted by Crippen LogP contribution is 2.28. The maximum absolute atomic E-state index is 12.8. The quantitative estimate of drug-likeness (QED) is 0.585. The molecule has 0 saturated heterocycles. The van der Waals surface area contributed by atoms with Crippen LogP contribution in [0.4, 0.5) is 5.82 Å². The first-order valence-corrected chi connectivity index (χ1v) is 9.78. The maximum Gasteiger partial charge on any atom is 0.263 e. The zero-order chi connectivity index (χ0) is 18.9. The number of rotatable bonds is 4. The predicted molar refractivity (Wildman–Crippen MR) is 105 cm³/mol. The Morgan fingerprint density at radius 1 is 0.889 bits per heavy atom. The normalized spacial score (nSPS) is 11.4. The molecule has 0 saturated carbocycles. The molecule has 0 spiro atoms. The second kappa shape index (κ2) is 6.77. The van der Waals surface area contributed by atoms with Crippen molar-refractivity contribution < 1.29 is 8.42 Å². The Labute approximate surface area is 157 Å². The number of hydrogen-bond acceptors (Lipinski definition) is 5. The highest BCUT2D eigenvalue weighted by molar-refractivity contribution is 7.92. The zero-order valence-corrected chi connectivity index (χ0v) is 15.3. The van der Waals surface area contributed by atoms with Crippen LogP contribution in [-0.2, 0) is 10.0 Å². The van der Waals surface area contributed by atoms with Crippen molar-refractivity contribution in [1.82, 2.24) is 15.0 Å². The number of nitrogens with one attached hydrogen (secondary N) is 1. The largest absolute Gasteiger partial charge is 0.263 e. The SMILES string of the molecule is Cc1cccnc1-c1cc2cccnc2c(NS(=O)(=O)c2ccccc2)n1. The van der Waals surface area contributed by atoms with E-state index in [2.05, 4.69) is 19.7 Å². The van der Waals surface area contributed by atoms with Crippen LogP contribution in [0.3, 0.4) is 0 Å². The third-order valence-corrected chi connectivity index (χ3v) is 5.48. The molecule has 27 heavy (non-hydrogen) atoms. The molecule has 3 heterocycles. The number of pyridine rings is 3. The Hall–Kier alpha value is -3.32. The maximum atomic E-state index is 12.8. The van der Waals surface area contributed by atoms with E-state index < -0.39 is 10.0 Å². The number of benzene rings is 1. The number of anilines is 1. The lowest BCUT2D eigenvalue weighted by atomic mass is 10.1.